The van der Waals surface area contributed by atoms with Gasteiger partial charge in [0.2, 0.25) is 0 Å². The Hall–Kier alpha value is -3.88. The van der Waals surface area contributed by atoms with E-state index in [1.54, 1.807) is 28.9 Å². The number of carbonyl (C=O) groups excluding carboxylic acids is 1. The third-order valence-electron chi connectivity index (χ3n) is 5.00. The van der Waals surface area contributed by atoms with Gasteiger partial charge in [0.1, 0.15) is 22.1 Å². The molecule has 1 amide bonds. The molecular formula is C23H18ClF2N5O+2. The van der Waals surface area contributed by atoms with Crippen LogP contribution in [0.2, 0.25) is 5.02 Å². The topological polar surface area (TPSA) is 103 Å². The summed E-state index contributed by atoms with van der Waals surface area (Å²) in [7, 11) is 0. The van der Waals surface area contributed by atoms with E-state index in [0.29, 0.717) is 22.5 Å². The van der Waals surface area contributed by atoms with Crippen molar-refractivity contribution in [3.63, 3.8) is 0 Å². The molecule has 2 heterocycles. The van der Waals surface area contributed by atoms with Gasteiger partial charge in [0.15, 0.2) is 17.7 Å². The SMILES string of the molecule is NC=C(C=[NH2+])c1ccc2ncc(-c3ccc(C(=O)[NH2+]c4c(F)cccc4Cl)c(F)c3)n2c1. The Bertz CT molecular complexity index is 1380. The normalized spacial score (nSPS) is 11.7. The first-order chi connectivity index (χ1) is 15.4. The van der Waals surface area contributed by atoms with E-state index in [1.165, 1.54) is 42.7 Å². The number of halogens is 3. The summed E-state index contributed by atoms with van der Waals surface area (Å²) in [6, 6.07) is 11.8. The van der Waals surface area contributed by atoms with Crippen molar-refractivity contribution in [3.8, 4) is 11.3 Å². The molecule has 32 heavy (non-hydrogen) atoms. The van der Waals surface area contributed by atoms with Crippen LogP contribution in [0.15, 0.2) is 67.1 Å². The molecular weight excluding hydrogens is 436 g/mol. The van der Waals surface area contributed by atoms with Crippen molar-refractivity contribution in [2.45, 2.75) is 0 Å². The largest absolute Gasteiger partial charge is 0.404 e. The number of benzene rings is 2. The quantitative estimate of drug-likeness (QED) is 0.318. The van der Waals surface area contributed by atoms with E-state index >= 15 is 0 Å². The van der Waals surface area contributed by atoms with Gasteiger partial charge < -0.3 is 5.73 Å². The molecule has 0 bridgehead atoms. The molecule has 0 spiro atoms. The number of nitrogens with two attached hydrogens (primary N) is 3. The molecule has 0 aliphatic rings. The molecule has 2 aromatic heterocycles. The fourth-order valence-corrected chi connectivity index (χ4v) is 3.56. The highest BCUT2D eigenvalue weighted by molar-refractivity contribution is 6.32. The van der Waals surface area contributed by atoms with Gasteiger partial charge in [0, 0.05) is 23.5 Å². The molecule has 0 saturated carbocycles. The lowest BCUT2D eigenvalue weighted by molar-refractivity contribution is -0.466. The zero-order chi connectivity index (χ0) is 22.8. The first kappa shape index (κ1) is 21.4. The van der Waals surface area contributed by atoms with Crippen LogP contribution in [0, 0.1) is 11.6 Å². The lowest BCUT2D eigenvalue weighted by Gasteiger charge is -2.07. The van der Waals surface area contributed by atoms with Crippen LogP contribution < -0.4 is 16.5 Å². The summed E-state index contributed by atoms with van der Waals surface area (Å²) in [5.41, 5.74) is 8.45. The van der Waals surface area contributed by atoms with Crippen molar-refractivity contribution in [2.24, 2.45) is 5.73 Å². The number of quaternary nitrogens is 1. The van der Waals surface area contributed by atoms with E-state index in [1.807, 2.05) is 6.07 Å². The van der Waals surface area contributed by atoms with Gasteiger partial charge in [0.25, 0.3) is 0 Å². The zero-order valence-corrected chi connectivity index (χ0v) is 17.4. The van der Waals surface area contributed by atoms with Crippen molar-refractivity contribution >= 4 is 40.6 Å². The number of fused-ring (bicyclic) bond motifs is 1. The Morgan fingerprint density at radius 2 is 1.97 bits per heavy atom. The van der Waals surface area contributed by atoms with Crippen molar-refractivity contribution in [2.75, 3.05) is 0 Å². The zero-order valence-electron chi connectivity index (χ0n) is 16.6. The average molecular weight is 454 g/mol. The maximum atomic E-state index is 14.9. The molecule has 0 radical (unpaired) electrons. The molecule has 0 saturated heterocycles. The molecule has 6 N–H and O–H groups in total. The standard InChI is InChI=1S/C23H16ClF2N5O/c24-17-2-1-3-18(25)22(17)30-23(32)16-6-4-13(8-19(16)26)20-11-29-21-7-5-14(12-31(20)21)15(9-27)10-28/h1-12,27H,28H2,(H,30,32)/p+2. The van der Waals surface area contributed by atoms with Crippen molar-refractivity contribution in [1.29, 1.82) is 0 Å². The number of rotatable bonds is 5. The van der Waals surface area contributed by atoms with Gasteiger partial charge >= 0.3 is 5.91 Å². The molecule has 0 unspecified atom stereocenters. The summed E-state index contributed by atoms with van der Waals surface area (Å²) in [4.78, 5) is 16.9. The summed E-state index contributed by atoms with van der Waals surface area (Å²) in [6.45, 7) is 0. The molecule has 0 fully saturated rings. The number of amides is 1. The minimum Gasteiger partial charge on any atom is -0.404 e. The number of imidazole rings is 1. The number of aromatic nitrogens is 2. The van der Waals surface area contributed by atoms with E-state index < -0.39 is 17.5 Å². The molecule has 2 aromatic carbocycles. The molecule has 160 valence electrons. The summed E-state index contributed by atoms with van der Waals surface area (Å²) in [6.07, 6.45) is 6.15. The highest BCUT2D eigenvalue weighted by Crippen LogP contribution is 2.25. The number of pyridine rings is 1. The van der Waals surface area contributed by atoms with Gasteiger partial charge in [-0.1, -0.05) is 23.7 Å². The summed E-state index contributed by atoms with van der Waals surface area (Å²) in [5, 5.41) is 6.66. The van der Waals surface area contributed by atoms with Crippen LogP contribution in [0.25, 0.3) is 22.5 Å². The van der Waals surface area contributed by atoms with Gasteiger partial charge in [-0.25, -0.2) is 23.9 Å². The summed E-state index contributed by atoms with van der Waals surface area (Å²) < 4.78 is 30.6. The summed E-state index contributed by atoms with van der Waals surface area (Å²) in [5.74, 6) is -2.11. The molecule has 4 rings (SSSR count). The Morgan fingerprint density at radius 3 is 2.66 bits per heavy atom. The predicted molar refractivity (Wildman–Crippen MR) is 118 cm³/mol. The lowest BCUT2D eigenvalue weighted by Crippen LogP contribution is -2.82. The number of nitrogens with zero attached hydrogens (tertiary/aromatic N) is 2. The highest BCUT2D eigenvalue weighted by atomic mass is 35.5. The first-order valence-corrected chi connectivity index (χ1v) is 9.88. The Balaban J connectivity index is 1.69. The fraction of sp³-hybridized carbons (Fsp3) is 0. The van der Waals surface area contributed by atoms with Crippen LogP contribution in [0.3, 0.4) is 0 Å². The molecule has 0 atom stereocenters. The van der Waals surface area contributed by atoms with E-state index in [0.717, 1.165) is 10.9 Å². The average Bonchev–Trinajstić information content (AvgIpc) is 3.20. The van der Waals surface area contributed by atoms with Gasteiger partial charge in [-0.15, -0.1) is 0 Å². The predicted octanol–water partition coefficient (Wildman–Crippen LogP) is 2.10. The Kier molecular flexibility index (Phi) is 5.81. The van der Waals surface area contributed by atoms with Crippen LogP contribution in [-0.2, 0) is 0 Å². The van der Waals surface area contributed by atoms with Crippen LogP contribution in [0.5, 0.6) is 0 Å². The van der Waals surface area contributed by atoms with Crippen LogP contribution in [-0.4, -0.2) is 21.5 Å². The second-order valence-corrected chi connectivity index (χ2v) is 7.32. The third kappa shape index (κ3) is 3.89. The molecule has 0 aliphatic heterocycles. The number of carbonyl (C=O) groups is 1. The number of hydrogen-bond acceptors (Lipinski definition) is 3. The second-order valence-electron chi connectivity index (χ2n) is 6.92. The van der Waals surface area contributed by atoms with E-state index in [2.05, 4.69) is 4.98 Å². The van der Waals surface area contributed by atoms with Gasteiger partial charge in [0.05, 0.1) is 17.5 Å². The van der Waals surface area contributed by atoms with Gasteiger partial charge in [-0.05, 0) is 36.4 Å². The van der Waals surface area contributed by atoms with Crippen LogP contribution in [0.4, 0.5) is 14.5 Å². The van der Waals surface area contributed by atoms with E-state index in [4.69, 9.17) is 22.7 Å². The van der Waals surface area contributed by atoms with E-state index in [-0.39, 0.29) is 16.3 Å². The number of para-hydroxylation sites is 1. The van der Waals surface area contributed by atoms with Gasteiger partial charge in [-0.2, -0.15) is 0 Å². The molecule has 6 nitrogen and oxygen atoms in total. The number of hydrogen-bond donors (Lipinski definition) is 3. The Morgan fingerprint density at radius 1 is 1.16 bits per heavy atom. The van der Waals surface area contributed by atoms with Crippen molar-refractivity contribution in [1.82, 2.24) is 9.38 Å². The molecule has 9 heteroatoms. The fourth-order valence-electron chi connectivity index (χ4n) is 3.34. The van der Waals surface area contributed by atoms with Crippen LogP contribution in [0.1, 0.15) is 15.9 Å². The third-order valence-corrected chi connectivity index (χ3v) is 5.33. The highest BCUT2D eigenvalue weighted by Gasteiger charge is 2.22. The molecule has 0 aliphatic carbocycles. The minimum atomic E-state index is -0.750. The number of allylic oxidation sites excluding steroid dienone is 1. The first-order valence-electron chi connectivity index (χ1n) is 9.50. The monoisotopic (exact) mass is 453 g/mol. The van der Waals surface area contributed by atoms with Gasteiger partial charge in [-0.3, -0.25) is 9.81 Å². The van der Waals surface area contributed by atoms with Crippen molar-refractivity contribution < 1.29 is 24.3 Å². The maximum absolute atomic E-state index is 14.9. The second kappa shape index (κ2) is 8.70. The maximum Gasteiger partial charge on any atom is 0.350 e. The smallest absolute Gasteiger partial charge is 0.350 e. The lowest BCUT2D eigenvalue weighted by atomic mass is 10.1. The summed E-state index contributed by atoms with van der Waals surface area (Å²) >= 11 is 5.96. The van der Waals surface area contributed by atoms with E-state index in [9.17, 15) is 13.6 Å². The Labute approximate surface area is 186 Å². The molecule has 4 aromatic rings. The minimum absolute atomic E-state index is 0.0672. The van der Waals surface area contributed by atoms with Crippen molar-refractivity contribution in [3.05, 3.63) is 94.9 Å². The number of primary amides is 1. The van der Waals surface area contributed by atoms with Crippen LogP contribution >= 0.6 is 11.6 Å².